The van der Waals surface area contributed by atoms with Crippen LogP contribution in [0.5, 0.6) is 0 Å². The molecule has 0 N–H and O–H groups in total. The molecule has 0 aliphatic heterocycles. The molecule has 190 valence electrons. The maximum atomic E-state index is 11.1. The first kappa shape index (κ1) is 30.9. The molecule has 0 aromatic carbocycles. The van der Waals surface area contributed by atoms with Gasteiger partial charge >= 0.3 is 5.97 Å². The van der Waals surface area contributed by atoms with Crippen molar-refractivity contribution in [3.63, 3.8) is 0 Å². The van der Waals surface area contributed by atoms with Crippen LogP contribution in [0, 0.1) is 0 Å². The molecule has 0 amide bonds. The van der Waals surface area contributed by atoms with E-state index in [9.17, 15) is 4.79 Å². The normalized spacial score (nSPS) is 12.1. The van der Waals surface area contributed by atoms with E-state index in [1.807, 2.05) is 0 Å². The summed E-state index contributed by atoms with van der Waals surface area (Å²) in [6, 6.07) is 0. The third kappa shape index (κ3) is 23.6. The lowest BCUT2D eigenvalue weighted by atomic mass is 10.2. The summed E-state index contributed by atoms with van der Waals surface area (Å²) < 4.78 is 42.9. The molecule has 0 aliphatic carbocycles. The van der Waals surface area contributed by atoms with E-state index in [1.165, 1.54) is 0 Å². The van der Waals surface area contributed by atoms with Crippen molar-refractivity contribution in [1.82, 2.24) is 0 Å². The summed E-state index contributed by atoms with van der Waals surface area (Å²) >= 11 is 0. The van der Waals surface area contributed by atoms with E-state index in [2.05, 4.69) is 20.4 Å². The van der Waals surface area contributed by atoms with Gasteiger partial charge in [-0.2, -0.15) is 0 Å². The number of carbonyl (C=O) groups excluding carboxylic acids is 1. The molecule has 0 bridgehead atoms. The van der Waals surface area contributed by atoms with Crippen LogP contribution >= 0.6 is 0 Å². The maximum absolute atomic E-state index is 11.1. The van der Waals surface area contributed by atoms with E-state index in [0.717, 1.165) is 12.8 Å². The molecule has 0 heterocycles. The second-order valence-electron chi connectivity index (χ2n) is 7.06. The lowest BCUT2D eigenvalue weighted by Crippen LogP contribution is -2.16. The Balaban J connectivity index is 3.09. The molecule has 0 aromatic rings. The van der Waals surface area contributed by atoms with Gasteiger partial charge in [0.15, 0.2) is 0 Å². The Morgan fingerprint density at radius 1 is 0.656 bits per heavy atom. The van der Waals surface area contributed by atoms with Gasteiger partial charge in [0.2, 0.25) is 0 Å². The van der Waals surface area contributed by atoms with E-state index in [4.69, 9.17) is 37.9 Å². The molecule has 0 spiro atoms. The molecule has 0 radical (unpaired) electrons. The average molecular weight is 465 g/mol. The van der Waals surface area contributed by atoms with E-state index < -0.39 is 5.97 Å². The van der Waals surface area contributed by atoms with E-state index in [-0.39, 0.29) is 6.61 Å². The fourth-order valence-electron chi connectivity index (χ4n) is 2.32. The van der Waals surface area contributed by atoms with Crippen LogP contribution < -0.4 is 0 Å². The Morgan fingerprint density at radius 2 is 1.00 bits per heavy atom. The van der Waals surface area contributed by atoms with Crippen molar-refractivity contribution in [2.75, 3.05) is 92.5 Å². The number of hydrogen-bond donors (Lipinski definition) is 0. The fraction of sp³-hybridized carbons (Fsp3) is 0.870. The van der Waals surface area contributed by atoms with E-state index in [0.29, 0.717) is 97.6 Å². The highest BCUT2D eigenvalue weighted by Crippen LogP contribution is 1.99. The van der Waals surface area contributed by atoms with Gasteiger partial charge < -0.3 is 37.9 Å². The highest BCUT2D eigenvalue weighted by molar-refractivity contribution is 5.86. The molecule has 1 unspecified atom stereocenters. The zero-order valence-corrected chi connectivity index (χ0v) is 20.3. The standard InChI is InChI=1S/C23H44O9/c1-5-6-22(4)31-19-17-29-15-13-27-11-9-25-7-8-26-10-12-28-14-16-30-18-20-32-23(24)21(2)3/h22H,2,5-20H2,1,3-4H3. The van der Waals surface area contributed by atoms with Crippen LogP contribution in [0.3, 0.4) is 0 Å². The highest BCUT2D eigenvalue weighted by atomic mass is 16.6. The van der Waals surface area contributed by atoms with Gasteiger partial charge in [-0.3, -0.25) is 0 Å². The van der Waals surface area contributed by atoms with Crippen molar-refractivity contribution in [2.45, 2.75) is 39.7 Å². The Kier molecular flexibility index (Phi) is 23.7. The quantitative estimate of drug-likeness (QED) is 0.115. The maximum Gasteiger partial charge on any atom is 0.333 e. The molecule has 0 saturated heterocycles. The van der Waals surface area contributed by atoms with Crippen molar-refractivity contribution in [3.8, 4) is 0 Å². The predicted molar refractivity (Wildman–Crippen MR) is 121 cm³/mol. The number of rotatable bonds is 25. The van der Waals surface area contributed by atoms with Crippen LogP contribution in [0.2, 0.25) is 0 Å². The lowest BCUT2D eigenvalue weighted by molar-refractivity contribution is -0.140. The smallest absolute Gasteiger partial charge is 0.333 e. The van der Waals surface area contributed by atoms with E-state index >= 15 is 0 Å². The van der Waals surface area contributed by atoms with Gasteiger partial charge in [-0.25, -0.2) is 4.79 Å². The van der Waals surface area contributed by atoms with Crippen molar-refractivity contribution in [2.24, 2.45) is 0 Å². The first-order valence-corrected chi connectivity index (χ1v) is 11.5. The third-order valence-electron chi connectivity index (χ3n) is 3.99. The van der Waals surface area contributed by atoms with Crippen LogP contribution in [0.1, 0.15) is 33.6 Å². The van der Waals surface area contributed by atoms with Crippen LogP contribution in [0.4, 0.5) is 0 Å². The first-order chi connectivity index (χ1) is 15.6. The van der Waals surface area contributed by atoms with Crippen molar-refractivity contribution in [1.29, 1.82) is 0 Å². The Bertz CT molecular complexity index is 432. The van der Waals surface area contributed by atoms with Gasteiger partial charge in [-0.1, -0.05) is 19.9 Å². The topological polar surface area (TPSA) is 90.9 Å². The zero-order valence-electron chi connectivity index (χ0n) is 20.3. The van der Waals surface area contributed by atoms with Crippen molar-refractivity contribution >= 4 is 5.97 Å². The number of ether oxygens (including phenoxy) is 8. The molecule has 0 aromatic heterocycles. The number of hydrogen-bond acceptors (Lipinski definition) is 9. The monoisotopic (exact) mass is 464 g/mol. The minimum atomic E-state index is -0.405. The molecular formula is C23H44O9. The largest absolute Gasteiger partial charge is 0.460 e. The van der Waals surface area contributed by atoms with Gasteiger partial charge in [0.05, 0.1) is 92.0 Å². The number of carbonyl (C=O) groups is 1. The van der Waals surface area contributed by atoms with Gasteiger partial charge in [0.25, 0.3) is 0 Å². The third-order valence-corrected chi connectivity index (χ3v) is 3.99. The summed E-state index contributed by atoms with van der Waals surface area (Å²) in [5, 5.41) is 0. The van der Waals surface area contributed by atoms with Gasteiger partial charge in [-0.15, -0.1) is 0 Å². The Hall–Kier alpha value is -1.07. The zero-order chi connectivity index (χ0) is 23.7. The molecule has 0 rings (SSSR count). The summed E-state index contributed by atoms with van der Waals surface area (Å²) in [6.07, 6.45) is 2.51. The van der Waals surface area contributed by atoms with Crippen LogP contribution in [-0.2, 0) is 42.7 Å². The second-order valence-corrected chi connectivity index (χ2v) is 7.06. The lowest BCUT2D eigenvalue weighted by Gasteiger charge is -2.12. The SMILES string of the molecule is C=C(C)C(=O)OCCOCCOCCOCCOCCOCCOCCOC(C)CCC. The summed E-state index contributed by atoms with van der Waals surface area (Å²) in [4.78, 5) is 11.1. The molecule has 0 fully saturated rings. The van der Waals surface area contributed by atoms with Crippen molar-refractivity contribution in [3.05, 3.63) is 12.2 Å². The van der Waals surface area contributed by atoms with Crippen LogP contribution in [-0.4, -0.2) is 105 Å². The van der Waals surface area contributed by atoms with Crippen molar-refractivity contribution < 1.29 is 42.7 Å². The summed E-state index contributed by atoms with van der Waals surface area (Å²) in [6.45, 7) is 16.2. The highest BCUT2D eigenvalue weighted by Gasteiger charge is 2.02. The van der Waals surface area contributed by atoms with Crippen LogP contribution in [0.15, 0.2) is 12.2 Å². The minimum Gasteiger partial charge on any atom is -0.460 e. The summed E-state index contributed by atoms with van der Waals surface area (Å²) in [7, 11) is 0. The Morgan fingerprint density at radius 3 is 1.34 bits per heavy atom. The summed E-state index contributed by atoms with van der Waals surface area (Å²) in [5.41, 5.74) is 0.377. The molecule has 0 aliphatic rings. The predicted octanol–water partition coefficient (Wildman–Crippen LogP) is 2.41. The molecule has 32 heavy (non-hydrogen) atoms. The number of esters is 1. The second kappa shape index (κ2) is 24.6. The van der Waals surface area contributed by atoms with Gasteiger partial charge in [-0.05, 0) is 20.3 Å². The van der Waals surface area contributed by atoms with Gasteiger partial charge in [0.1, 0.15) is 6.61 Å². The molecule has 9 heteroatoms. The Labute approximate surface area is 193 Å². The molecule has 1 atom stereocenters. The molecular weight excluding hydrogens is 420 g/mol. The molecule has 9 nitrogen and oxygen atoms in total. The minimum absolute atomic E-state index is 0.210. The summed E-state index contributed by atoms with van der Waals surface area (Å²) in [5.74, 6) is -0.405. The average Bonchev–Trinajstić information content (AvgIpc) is 2.77. The first-order valence-electron chi connectivity index (χ1n) is 11.5. The van der Waals surface area contributed by atoms with Crippen LogP contribution in [0.25, 0.3) is 0 Å². The fourth-order valence-corrected chi connectivity index (χ4v) is 2.32. The molecule has 0 saturated carbocycles. The van der Waals surface area contributed by atoms with E-state index in [1.54, 1.807) is 6.92 Å². The van der Waals surface area contributed by atoms with Gasteiger partial charge in [0, 0.05) is 5.57 Å².